The van der Waals surface area contributed by atoms with Gasteiger partial charge in [-0.3, -0.25) is 0 Å². The summed E-state index contributed by atoms with van der Waals surface area (Å²) in [6, 6.07) is 21.0. The first kappa shape index (κ1) is 17.6. The fourth-order valence-electron chi connectivity index (χ4n) is 3.09. The van der Waals surface area contributed by atoms with Crippen LogP contribution in [-0.2, 0) is 9.53 Å². The maximum Gasteiger partial charge on any atom is 0.334 e. The molecule has 3 rings (SSSR count). The zero-order valence-electron chi connectivity index (χ0n) is 14.7. The van der Waals surface area contributed by atoms with Crippen molar-refractivity contribution in [3.05, 3.63) is 84.0 Å². The zero-order chi connectivity index (χ0) is 17.6. The van der Waals surface area contributed by atoms with E-state index in [9.17, 15) is 4.79 Å². The van der Waals surface area contributed by atoms with Gasteiger partial charge in [-0.25, -0.2) is 4.79 Å². The second-order valence-corrected chi connectivity index (χ2v) is 8.59. The Morgan fingerprint density at radius 2 is 1.56 bits per heavy atom. The van der Waals surface area contributed by atoms with Crippen molar-refractivity contribution in [2.75, 3.05) is 12.8 Å². The third kappa shape index (κ3) is 4.46. The maximum atomic E-state index is 12.3. The van der Waals surface area contributed by atoms with E-state index in [1.54, 1.807) is 0 Å². The summed E-state index contributed by atoms with van der Waals surface area (Å²) in [5.41, 5.74) is 1.90. The minimum absolute atomic E-state index is 0.150. The van der Waals surface area contributed by atoms with Crippen LogP contribution in [0.1, 0.15) is 13.8 Å². The van der Waals surface area contributed by atoms with E-state index in [1.807, 2.05) is 32.1 Å². The molecule has 0 amide bonds. The highest BCUT2D eigenvalue weighted by Gasteiger charge is 2.21. The summed E-state index contributed by atoms with van der Waals surface area (Å²) in [5, 5.41) is 2.62. The Hall–Kier alpha value is -2.18. The van der Waals surface area contributed by atoms with Crippen molar-refractivity contribution in [1.29, 1.82) is 0 Å². The standard InChI is InChI=1S/C22H23O2P/c1-17-15-18(2)21(16-17)22(23)24-13-14-25(19-9-5-3-6-10-19)20-11-7-4-8-12-20/h3-12,15-16,18H,13-14H2,1-2H3. The molecule has 0 heterocycles. The smallest absolute Gasteiger partial charge is 0.334 e. The molecule has 0 aromatic heterocycles. The molecule has 0 aliphatic heterocycles. The Balaban J connectivity index is 1.66. The van der Waals surface area contributed by atoms with Crippen LogP contribution in [0.5, 0.6) is 0 Å². The van der Waals surface area contributed by atoms with Crippen LogP contribution in [0.3, 0.4) is 0 Å². The number of carbonyl (C=O) groups excluding carboxylic acids is 1. The minimum atomic E-state index is -0.523. The third-order valence-electron chi connectivity index (χ3n) is 4.31. The number of esters is 1. The lowest BCUT2D eigenvalue weighted by Crippen LogP contribution is -2.19. The van der Waals surface area contributed by atoms with Gasteiger partial charge in [-0.05, 0) is 31.5 Å². The third-order valence-corrected chi connectivity index (χ3v) is 6.78. The van der Waals surface area contributed by atoms with Gasteiger partial charge in [0.15, 0.2) is 0 Å². The normalized spacial score (nSPS) is 16.5. The van der Waals surface area contributed by atoms with E-state index in [4.69, 9.17) is 4.74 Å². The van der Waals surface area contributed by atoms with Crippen molar-refractivity contribution < 1.29 is 9.53 Å². The number of hydrogen-bond donors (Lipinski definition) is 0. The quantitative estimate of drug-likeness (QED) is 0.577. The van der Waals surface area contributed by atoms with Crippen molar-refractivity contribution in [3.63, 3.8) is 0 Å². The van der Waals surface area contributed by atoms with Crippen LogP contribution in [0.25, 0.3) is 0 Å². The molecule has 2 aromatic rings. The fourth-order valence-corrected chi connectivity index (χ4v) is 5.24. The van der Waals surface area contributed by atoms with Gasteiger partial charge < -0.3 is 4.74 Å². The first-order chi connectivity index (χ1) is 12.1. The molecule has 2 aromatic carbocycles. The number of benzene rings is 2. The monoisotopic (exact) mass is 350 g/mol. The van der Waals surface area contributed by atoms with Gasteiger partial charge in [-0.2, -0.15) is 0 Å². The Morgan fingerprint density at radius 1 is 1.00 bits per heavy atom. The van der Waals surface area contributed by atoms with E-state index in [2.05, 4.69) is 54.6 Å². The summed E-state index contributed by atoms with van der Waals surface area (Å²) < 4.78 is 5.59. The van der Waals surface area contributed by atoms with Crippen LogP contribution in [0.2, 0.25) is 0 Å². The largest absolute Gasteiger partial charge is 0.462 e. The molecule has 0 spiro atoms. The Labute approximate surface area is 151 Å². The van der Waals surface area contributed by atoms with Crippen molar-refractivity contribution in [2.45, 2.75) is 13.8 Å². The van der Waals surface area contributed by atoms with Crippen LogP contribution in [0.4, 0.5) is 0 Å². The second-order valence-electron chi connectivity index (χ2n) is 6.26. The van der Waals surface area contributed by atoms with Gasteiger partial charge >= 0.3 is 5.97 Å². The Bertz CT molecular complexity index is 739. The van der Waals surface area contributed by atoms with Gasteiger partial charge in [0.25, 0.3) is 0 Å². The van der Waals surface area contributed by atoms with E-state index in [1.165, 1.54) is 10.6 Å². The van der Waals surface area contributed by atoms with E-state index in [0.717, 1.165) is 17.3 Å². The molecular formula is C22H23O2P. The molecule has 0 saturated heterocycles. The molecule has 1 aliphatic rings. The van der Waals surface area contributed by atoms with Crippen LogP contribution < -0.4 is 10.6 Å². The van der Waals surface area contributed by atoms with Crippen LogP contribution in [0.15, 0.2) is 84.0 Å². The molecule has 0 N–H and O–H groups in total. The van der Waals surface area contributed by atoms with E-state index in [-0.39, 0.29) is 11.9 Å². The van der Waals surface area contributed by atoms with Crippen LogP contribution >= 0.6 is 7.92 Å². The topological polar surface area (TPSA) is 26.3 Å². The van der Waals surface area contributed by atoms with E-state index in [0.29, 0.717) is 6.61 Å². The highest BCUT2D eigenvalue weighted by atomic mass is 31.1. The number of rotatable bonds is 6. The molecule has 3 heteroatoms. The molecule has 0 fully saturated rings. The molecule has 1 aliphatic carbocycles. The molecule has 0 bridgehead atoms. The van der Waals surface area contributed by atoms with Crippen molar-refractivity contribution >= 4 is 24.5 Å². The summed E-state index contributed by atoms with van der Waals surface area (Å²) in [5.74, 6) is -0.0334. The zero-order valence-corrected chi connectivity index (χ0v) is 15.6. The summed E-state index contributed by atoms with van der Waals surface area (Å²) >= 11 is 0. The lowest BCUT2D eigenvalue weighted by Gasteiger charge is -2.19. The predicted molar refractivity (Wildman–Crippen MR) is 106 cm³/mol. The summed E-state index contributed by atoms with van der Waals surface area (Å²) in [6.45, 7) is 4.49. The molecule has 1 unspecified atom stereocenters. The number of ether oxygens (including phenoxy) is 1. The van der Waals surface area contributed by atoms with Gasteiger partial charge in [0.1, 0.15) is 0 Å². The maximum absolute atomic E-state index is 12.3. The van der Waals surface area contributed by atoms with E-state index < -0.39 is 7.92 Å². The second kappa shape index (κ2) is 8.27. The molecule has 0 saturated carbocycles. The van der Waals surface area contributed by atoms with Crippen molar-refractivity contribution in [1.82, 2.24) is 0 Å². The van der Waals surface area contributed by atoms with Crippen LogP contribution in [-0.4, -0.2) is 18.7 Å². The lowest BCUT2D eigenvalue weighted by molar-refractivity contribution is -0.138. The summed E-state index contributed by atoms with van der Waals surface area (Å²) in [7, 11) is -0.523. The predicted octanol–water partition coefficient (Wildman–Crippen LogP) is 4.18. The average Bonchev–Trinajstić information content (AvgIpc) is 2.98. The van der Waals surface area contributed by atoms with Gasteiger partial charge in [0, 0.05) is 17.7 Å². The molecule has 0 radical (unpaired) electrons. The van der Waals surface area contributed by atoms with Gasteiger partial charge in [-0.15, -0.1) is 0 Å². The van der Waals surface area contributed by atoms with Crippen LogP contribution in [0, 0.1) is 5.92 Å². The highest BCUT2D eigenvalue weighted by molar-refractivity contribution is 7.73. The first-order valence-corrected chi connectivity index (χ1v) is 10.1. The summed E-state index contributed by atoms with van der Waals surface area (Å²) in [6.07, 6.45) is 4.87. The first-order valence-electron chi connectivity index (χ1n) is 8.60. The SMILES string of the molecule is CC1=CC(C)C(C(=O)OCCP(c2ccccc2)c2ccccc2)=C1. The molecule has 128 valence electrons. The molecule has 25 heavy (non-hydrogen) atoms. The lowest BCUT2D eigenvalue weighted by atomic mass is 10.1. The fraction of sp³-hybridized carbons (Fsp3) is 0.227. The molecule has 2 nitrogen and oxygen atoms in total. The Morgan fingerprint density at radius 3 is 2.04 bits per heavy atom. The minimum Gasteiger partial charge on any atom is -0.462 e. The van der Waals surface area contributed by atoms with Crippen molar-refractivity contribution in [3.8, 4) is 0 Å². The number of carbonyl (C=O) groups is 1. The Kier molecular flexibility index (Phi) is 5.83. The molecular weight excluding hydrogens is 327 g/mol. The van der Waals surface area contributed by atoms with E-state index >= 15 is 0 Å². The molecule has 1 atom stereocenters. The number of allylic oxidation sites excluding steroid dienone is 3. The summed E-state index contributed by atoms with van der Waals surface area (Å²) in [4.78, 5) is 12.3. The van der Waals surface area contributed by atoms with Gasteiger partial charge in [-0.1, -0.05) is 79.2 Å². The highest BCUT2D eigenvalue weighted by Crippen LogP contribution is 2.33. The number of hydrogen-bond acceptors (Lipinski definition) is 2. The van der Waals surface area contributed by atoms with Gasteiger partial charge in [0.05, 0.1) is 6.61 Å². The van der Waals surface area contributed by atoms with Crippen molar-refractivity contribution in [2.24, 2.45) is 5.92 Å². The van der Waals surface area contributed by atoms with Gasteiger partial charge in [0.2, 0.25) is 0 Å². The average molecular weight is 350 g/mol.